The van der Waals surface area contributed by atoms with Crippen LogP contribution in [0, 0.1) is 0 Å². The standard InChI is InChI=1S/C13H24N2O5/c1-6-7-9(10(16)14-8(2)11(17)18)15-12(19)20-13(3,4)5/h8-9H,6-7H2,1-5H3,(H,14,16)(H,15,19)(H,17,18)/t8-,9-/m0/s1. The third-order valence-electron chi connectivity index (χ3n) is 2.31. The number of carbonyl (C=O) groups is 3. The first-order valence-electron chi connectivity index (χ1n) is 6.59. The number of ether oxygens (including phenoxy) is 1. The molecule has 0 unspecified atom stereocenters. The number of carboxylic acid groups (broad SMARTS) is 1. The van der Waals surface area contributed by atoms with Crippen LogP contribution in [0.25, 0.3) is 0 Å². The van der Waals surface area contributed by atoms with Crippen molar-refractivity contribution in [3.63, 3.8) is 0 Å². The highest BCUT2D eigenvalue weighted by Crippen LogP contribution is 2.07. The molecule has 2 amide bonds. The molecule has 0 aliphatic rings. The molecule has 3 N–H and O–H groups in total. The fraction of sp³-hybridized carbons (Fsp3) is 0.769. The molecular formula is C13H24N2O5. The number of rotatable bonds is 6. The molecule has 0 rings (SSSR count). The van der Waals surface area contributed by atoms with Crippen molar-refractivity contribution >= 4 is 18.0 Å². The van der Waals surface area contributed by atoms with E-state index in [4.69, 9.17) is 9.84 Å². The van der Waals surface area contributed by atoms with Crippen LogP contribution in [-0.2, 0) is 14.3 Å². The second-order valence-electron chi connectivity index (χ2n) is 5.56. The minimum Gasteiger partial charge on any atom is -0.480 e. The van der Waals surface area contributed by atoms with E-state index in [1.165, 1.54) is 6.92 Å². The Hall–Kier alpha value is -1.79. The molecule has 0 saturated heterocycles. The molecule has 0 aromatic heterocycles. The van der Waals surface area contributed by atoms with Crippen molar-refractivity contribution in [2.45, 2.75) is 65.1 Å². The first kappa shape index (κ1) is 18.2. The first-order chi connectivity index (χ1) is 9.06. The van der Waals surface area contributed by atoms with Crippen LogP contribution >= 0.6 is 0 Å². The Kier molecular flexibility index (Phi) is 7.02. The molecule has 0 bridgehead atoms. The van der Waals surface area contributed by atoms with Gasteiger partial charge in [-0.1, -0.05) is 13.3 Å². The highest BCUT2D eigenvalue weighted by atomic mass is 16.6. The van der Waals surface area contributed by atoms with Crippen molar-refractivity contribution in [1.82, 2.24) is 10.6 Å². The maximum absolute atomic E-state index is 11.9. The van der Waals surface area contributed by atoms with Crippen LogP contribution in [0.3, 0.4) is 0 Å². The summed E-state index contributed by atoms with van der Waals surface area (Å²) in [7, 11) is 0. The molecule has 116 valence electrons. The summed E-state index contributed by atoms with van der Waals surface area (Å²) in [6.45, 7) is 8.37. The van der Waals surface area contributed by atoms with Gasteiger partial charge in [0.15, 0.2) is 0 Å². The van der Waals surface area contributed by atoms with E-state index in [1.54, 1.807) is 20.8 Å². The maximum Gasteiger partial charge on any atom is 0.408 e. The summed E-state index contributed by atoms with van der Waals surface area (Å²) >= 11 is 0. The van der Waals surface area contributed by atoms with Gasteiger partial charge in [0.2, 0.25) is 5.91 Å². The van der Waals surface area contributed by atoms with E-state index in [0.29, 0.717) is 12.8 Å². The van der Waals surface area contributed by atoms with Crippen LogP contribution in [0.15, 0.2) is 0 Å². The minimum atomic E-state index is -1.13. The molecule has 0 aliphatic carbocycles. The van der Waals surface area contributed by atoms with E-state index < -0.39 is 35.7 Å². The lowest BCUT2D eigenvalue weighted by atomic mass is 10.1. The summed E-state index contributed by atoms with van der Waals surface area (Å²) in [5.41, 5.74) is -0.661. The third-order valence-corrected chi connectivity index (χ3v) is 2.31. The van der Waals surface area contributed by atoms with E-state index in [0.717, 1.165) is 0 Å². The minimum absolute atomic E-state index is 0.400. The second-order valence-corrected chi connectivity index (χ2v) is 5.56. The lowest BCUT2D eigenvalue weighted by Gasteiger charge is -2.23. The fourth-order valence-corrected chi connectivity index (χ4v) is 1.38. The summed E-state index contributed by atoms with van der Waals surface area (Å²) in [5.74, 6) is -1.67. The smallest absolute Gasteiger partial charge is 0.408 e. The van der Waals surface area contributed by atoms with Crippen LogP contribution in [0.4, 0.5) is 4.79 Å². The zero-order valence-electron chi connectivity index (χ0n) is 12.6. The van der Waals surface area contributed by atoms with Crippen LogP contribution in [0.1, 0.15) is 47.5 Å². The van der Waals surface area contributed by atoms with E-state index in [1.807, 2.05) is 6.92 Å². The summed E-state index contributed by atoms with van der Waals surface area (Å²) < 4.78 is 5.07. The number of aliphatic carboxylic acids is 1. The molecular weight excluding hydrogens is 264 g/mol. The Morgan fingerprint density at radius 3 is 2.15 bits per heavy atom. The number of hydrogen-bond acceptors (Lipinski definition) is 4. The number of hydrogen-bond donors (Lipinski definition) is 3. The van der Waals surface area contributed by atoms with Crippen molar-refractivity contribution in [1.29, 1.82) is 0 Å². The SMILES string of the molecule is CCC[C@H](NC(=O)OC(C)(C)C)C(=O)N[C@@H](C)C(=O)O. The van der Waals surface area contributed by atoms with Crippen molar-refractivity contribution in [2.75, 3.05) is 0 Å². The Balaban J connectivity index is 4.59. The Morgan fingerprint density at radius 2 is 1.75 bits per heavy atom. The predicted molar refractivity (Wildman–Crippen MR) is 73.3 cm³/mol. The maximum atomic E-state index is 11.9. The highest BCUT2D eigenvalue weighted by Gasteiger charge is 2.25. The number of alkyl carbamates (subject to hydrolysis) is 1. The van der Waals surface area contributed by atoms with Gasteiger partial charge >= 0.3 is 12.1 Å². The van der Waals surface area contributed by atoms with Gasteiger partial charge in [-0.15, -0.1) is 0 Å². The Bertz CT molecular complexity index is 362. The monoisotopic (exact) mass is 288 g/mol. The van der Waals surface area contributed by atoms with Gasteiger partial charge in [0, 0.05) is 0 Å². The molecule has 20 heavy (non-hydrogen) atoms. The predicted octanol–water partition coefficient (Wildman–Crippen LogP) is 1.27. The molecule has 0 aromatic carbocycles. The van der Waals surface area contributed by atoms with Gasteiger partial charge in [-0.25, -0.2) is 4.79 Å². The number of carbonyl (C=O) groups excluding carboxylic acids is 2. The molecule has 0 saturated carbocycles. The molecule has 2 atom stereocenters. The van der Waals surface area contributed by atoms with Crippen molar-refractivity contribution in [2.24, 2.45) is 0 Å². The molecule has 7 nitrogen and oxygen atoms in total. The van der Waals surface area contributed by atoms with Crippen LogP contribution in [0.2, 0.25) is 0 Å². The Morgan fingerprint density at radius 1 is 1.20 bits per heavy atom. The zero-order chi connectivity index (χ0) is 15.9. The van der Waals surface area contributed by atoms with Crippen molar-refractivity contribution in [3.8, 4) is 0 Å². The Labute approximate surface area is 119 Å². The first-order valence-corrected chi connectivity index (χ1v) is 6.59. The lowest BCUT2D eigenvalue weighted by Crippen LogP contribution is -2.51. The van der Waals surface area contributed by atoms with Gasteiger partial charge in [0.05, 0.1) is 0 Å². The average Bonchev–Trinajstić information content (AvgIpc) is 2.25. The number of carboxylic acids is 1. The fourth-order valence-electron chi connectivity index (χ4n) is 1.38. The zero-order valence-corrected chi connectivity index (χ0v) is 12.6. The number of amides is 2. The van der Waals surface area contributed by atoms with Crippen LogP contribution < -0.4 is 10.6 Å². The van der Waals surface area contributed by atoms with Crippen LogP contribution in [-0.4, -0.2) is 40.8 Å². The molecule has 0 fully saturated rings. The average molecular weight is 288 g/mol. The van der Waals surface area contributed by atoms with E-state index in [-0.39, 0.29) is 0 Å². The summed E-state index contributed by atoms with van der Waals surface area (Å²) in [6.07, 6.45) is 0.362. The quantitative estimate of drug-likeness (QED) is 0.682. The molecule has 0 aliphatic heterocycles. The summed E-state index contributed by atoms with van der Waals surface area (Å²) in [5, 5.41) is 13.5. The summed E-state index contributed by atoms with van der Waals surface area (Å²) in [6, 6.07) is -1.82. The van der Waals surface area contributed by atoms with Gasteiger partial charge in [0.1, 0.15) is 17.7 Å². The lowest BCUT2D eigenvalue weighted by molar-refractivity contribution is -0.141. The topological polar surface area (TPSA) is 105 Å². The molecule has 0 heterocycles. The largest absolute Gasteiger partial charge is 0.480 e. The van der Waals surface area contributed by atoms with E-state index in [2.05, 4.69) is 10.6 Å². The van der Waals surface area contributed by atoms with Crippen LogP contribution in [0.5, 0.6) is 0 Å². The van der Waals surface area contributed by atoms with Gasteiger partial charge < -0.3 is 20.5 Å². The van der Waals surface area contributed by atoms with E-state index >= 15 is 0 Å². The van der Waals surface area contributed by atoms with Gasteiger partial charge in [-0.05, 0) is 34.1 Å². The summed E-state index contributed by atoms with van der Waals surface area (Å²) in [4.78, 5) is 34.2. The van der Waals surface area contributed by atoms with Gasteiger partial charge in [-0.3, -0.25) is 9.59 Å². The van der Waals surface area contributed by atoms with Crippen molar-refractivity contribution < 1.29 is 24.2 Å². The van der Waals surface area contributed by atoms with E-state index in [9.17, 15) is 14.4 Å². The second kappa shape index (κ2) is 7.72. The molecule has 0 aromatic rings. The normalized spacial score (nSPS) is 14.1. The molecule has 7 heteroatoms. The highest BCUT2D eigenvalue weighted by molar-refractivity contribution is 5.89. The molecule has 0 spiro atoms. The molecule has 0 radical (unpaired) electrons. The number of nitrogens with one attached hydrogen (secondary N) is 2. The van der Waals surface area contributed by atoms with Gasteiger partial charge in [0.25, 0.3) is 0 Å². The van der Waals surface area contributed by atoms with Crippen molar-refractivity contribution in [3.05, 3.63) is 0 Å². The van der Waals surface area contributed by atoms with Gasteiger partial charge in [-0.2, -0.15) is 0 Å². The third kappa shape index (κ3) is 7.60.